The largest absolute Gasteiger partial charge is 0.335 e. The molecule has 1 heterocycles. The van der Waals surface area contributed by atoms with E-state index in [2.05, 4.69) is 10.3 Å². The first kappa shape index (κ1) is 13.9. The Hall–Kier alpha value is -1.52. The molecular weight excluding hydrogens is 240 g/mol. The van der Waals surface area contributed by atoms with Crippen LogP contribution in [0.5, 0.6) is 0 Å². The highest BCUT2D eigenvalue weighted by Crippen LogP contribution is 2.21. The Morgan fingerprint density at radius 2 is 2.21 bits per heavy atom. The van der Waals surface area contributed by atoms with Crippen molar-refractivity contribution in [2.24, 2.45) is 0 Å². The Kier molecular flexibility index (Phi) is 4.82. The Balaban J connectivity index is 1.79. The number of aromatic nitrogens is 2. The van der Waals surface area contributed by atoms with E-state index in [0.29, 0.717) is 6.04 Å². The SMILES string of the molecule is C[C@@H](Cn1ccnc1)NC(=O)N(C)C1CCCCC1. The fraction of sp³-hybridized carbons (Fsp3) is 0.714. The quantitative estimate of drug-likeness (QED) is 0.906. The monoisotopic (exact) mass is 264 g/mol. The number of hydrogen-bond acceptors (Lipinski definition) is 2. The summed E-state index contributed by atoms with van der Waals surface area (Å²) in [6.45, 7) is 2.77. The molecule has 0 saturated heterocycles. The molecule has 5 nitrogen and oxygen atoms in total. The molecule has 1 N–H and O–H groups in total. The van der Waals surface area contributed by atoms with E-state index in [-0.39, 0.29) is 12.1 Å². The molecule has 5 heteroatoms. The van der Waals surface area contributed by atoms with E-state index in [0.717, 1.165) is 19.4 Å². The first-order valence-electron chi connectivity index (χ1n) is 7.16. The third-order valence-corrected chi connectivity index (χ3v) is 3.86. The van der Waals surface area contributed by atoms with Gasteiger partial charge in [-0.05, 0) is 19.8 Å². The van der Waals surface area contributed by atoms with Crippen molar-refractivity contribution in [2.45, 2.75) is 57.7 Å². The summed E-state index contributed by atoms with van der Waals surface area (Å²) in [5, 5.41) is 3.05. The normalized spacial score (nSPS) is 18.0. The molecule has 0 spiro atoms. The fourth-order valence-corrected chi connectivity index (χ4v) is 2.70. The number of rotatable bonds is 4. The van der Waals surface area contributed by atoms with Crippen LogP contribution in [0.25, 0.3) is 0 Å². The zero-order chi connectivity index (χ0) is 13.7. The maximum absolute atomic E-state index is 12.2. The summed E-state index contributed by atoms with van der Waals surface area (Å²) in [6, 6.07) is 0.557. The Morgan fingerprint density at radius 1 is 1.47 bits per heavy atom. The van der Waals surface area contributed by atoms with Crippen LogP contribution in [-0.4, -0.2) is 39.6 Å². The lowest BCUT2D eigenvalue weighted by Crippen LogP contribution is -2.48. The third kappa shape index (κ3) is 3.98. The van der Waals surface area contributed by atoms with Gasteiger partial charge in [0.1, 0.15) is 0 Å². The van der Waals surface area contributed by atoms with Gasteiger partial charge in [-0.25, -0.2) is 9.78 Å². The lowest BCUT2D eigenvalue weighted by atomic mass is 9.95. The number of hydrogen-bond donors (Lipinski definition) is 1. The van der Waals surface area contributed by atoms with E-state index in [4.69, 9.17) is 0 Å². The molecule has 2 rings (SSSR count). The van der Waals surface area contributed by atoms with Crippen molar-refractivity contribution in [3.8, 4) is 0 Å². The number of urea groups is 1. The molecule has 1 aliphatic carbocycles. The van der Waals surface area contributed by atoms with Gasteiger partial charge < -0.3 is 14.8 Å². The number of carbonyl (C=O) groups is 1. The zero-order valence-corrected chi connectivity index (χ0v) is 11.9. The number of nitrogens with zero attached hydrogens (tertiary/aromatic N) is 3. The van der Waals surface area contributed by atoms with Gasteiger partial charge in [-0.2, -0.15) is 0 Å². The molecule has 1 saturated carbocycles. The minimum absolute atomic E-state index is 0.0412. The molecule has 0 bridgehead atoms. The highest BCUT2D eigenvalue weighted by molar-refractivity contribution is 5.74. The van der Waals surface area contributed by atoms with Gasteiger partial charge in [0.25, 0.3) is 0 Å². The molecule has 1 fully saturated rings. The standard InChI is InChI=1S/C14H24N4O/c1-12(10-18-9-8-15-11-18)16-14(19)17(2)13-6-4-3-5-7-13/h8-9,11-13H,3-7,10H2,1-2H3,(H,16,19)/t12-/m0/s1. The van der Waals surface area contributed by atoms with Crippen molar-refractivity contribution in [2.75, 3.05) is 7.05 Å². The first-order chi connectivity index (χ1) is 9.16. The molecule has 0 unspecified atom stereocenters. The highest BCUT2D eigenvalue weighted by Gasteiger charge is 2.22. The summed E-state index contributed by atoms with van der Waals surface area (Å²) >= 11 is 0. The van der Waals surface area contributed by atoms with Crippen LogP contribution in [-0.2, 0) is 6.54 Å². The van der Waals surface area contributed by atoms with E-state index >= 15 is 0 Å². The van der Waals surface area contributed by atoms with Crippen LogP contribution in [0.3, 0.4) is 0 Å². The molecule has 0 aliphatic heterocycles. The van der Waals surface area contributed by atoms with Crippen molar-refractivity contribution in [1.82, 2.24) is 19.8 Å². The topological polar surface area (TPSA) is 50.2 Å². The number of imidazole rings is 1. The summed E-state index contributed by atoms with van der Waals surface area (Å²) in [7, 11) is 1.91. The molecule has 2 amide bonds. The number of carbonyl (C=O) groups excluding carboxylic acids is 1. The maximum Gasteiger partial charge on any atom is 0.317 e. The Bertz CT molecular complexity index is 384. The Labute approximate surface area is 115 Å². The van der Waals surface area contributed by atoms with Gasteiger partial charge in [-0.15, -0.1) is 0 Å². The van der Waals surface area contributed by atoms with E-state index in [1.54, 1.807) is 12.5 Å². The first-order valence-corrected chi connectivity index (χ1v) is 7.16. The van der Waals surface area contributed by atoms with Crippen LogP contribution >= 0.6 is 0 Å². The van der Waals surface area contributed by atoms with Gasteiger partial charge in [0, 0.05) is 38.1 Å². The van der Waals surface area contributed by atoms with Gasteiger partial charge in [-0.1, -0.05) is 19.3 Å². The predicted octanol–water partition coefficient (Wildman–Crippen LogP) is 2.25. The summed E-state index contributed by atoms with van der Waals surface area (Å²) < 4.78 is 1.98. The molecule has 0 radical (unpaired) electrons. The maximum atomic E-state index is 12.2. The average Bonchev–Trinajstić information content (AvgIpc) is 2.91. The summed E-state index contributed by atoms with van der Waals surface area (Å²) in [6.07, 6.45) is 11.5. The van der Waals surface area contributed by atoms with E-state index < -0.39 is 0 Å². The molecule has 1 aromatic heterocycles. The van der Waals surface area contributed by atoms with Gasteiger partial charge in [0.15, 0.2) is 0 Å². The average molecular weight is 264 g/mol. The lowest BCUT2D eigenvalue weighted by Gasteiger charge is -2.32. The second-order valence-corrected chi connectivity index (χ2v) is 5.51. The number of nitrogens with one attached hydrogen (secondary N) is 1. The Morgan fingerprint density at radius 3 is 2.84 bits per heavy atom. The third-order valence-electron chi connectivity index (χ3n) is 3.86. The predicted molar refractivity (Wildman–Crippen MR) is 74.9 cm³/mol. The van der Waals surface area contributed by atoms with Crippen LogP contribution in [0.15, 0.2) is 18.7 Å². The van der Waals surface area contributed by atoms with E-state index in [1.807, 2.05) is 29.6 Å². The van der Waals surface area contributed by atoms with Crippen LogP contribution < -0.4 is 5.32 Å². The highest BCUT2D eigenvalue weighted by atomic mass is 16.2. The van der Waals surface area contributed by atoms with E-state index in [9.17, 15) is 4.79 Å². The van der Waals surface area contributed by atoms with Gasteiger partial charge >= 0.3 is 6.03 Å². The number of amides is 2. The summed E-state index contributed by atoms with van der Waals surface area (Å²) in [5.74, 6) is 0. The van der Waals surface area contributed by atoms with Crippen molar-refractivity contribution in [3.05, 3.63) is 18.7 Å². The minimum Gasteiger partial charge on any atom is -0.335 e. The van der Waals surface area contributed by atoms with Crippen molar-refractivity contribution in [1.29, 1.82) is 0 Å². The van der Waals surface area contributed by atoms with Crippen LogP contribution in [0.2, 0.25) is 0 Å². The second-order valence-electron chi connectivity index (χ2n) is 5.51. The van der Waals surface area contributed by atoms with Crippen molar-refractivity contribution < 1.29 is 4.79 Å². The van der Waals surface area contributed by atoms with E-state index in [1.165, 1.54) is 19.3 Å². The van der Waals surface area contributed by atoms with Gasteiger partial charge in [-0.3, -0.25) is 0 Å². The van der Waals surface area contributed by atoms with Gasteiger partial charge in [0.2, 0.25) is 0 Å². The molecule has 1 atom stereocenters. The minimum atomic E-state index is 0.0412. The van der Waals surface area contributed by atoms with Crippen molar-refractivity contribution in [3.63, 3.8) is 0 Å². The van der Waals surface area contributed by atoms with Crippen LogP contribution in [0.4, 0.5) is 4.79 Å². The molecule has 106 valence electrons. The second kappa shape index (κ2) is 6.59. The summed E-state index contributed by atoms with van der Waals surface area (Å²) in [5.41, 5.74) is 0. The van der Waals surface area contributed by atoms with Gasteiger partial charge in [0.05, 0.1) is 6.33 Å². The zero-order valence-electron chi connectivity index (χ0n) is 11.9. The summed E-state index contributed by atoms with van der Waals surface area (Å²) in [4.78, 5) is 18.1. The molecule has 1 aliphatic rings. The van der Waals surface area contributed by atoms with Crippen molar-refractivity contribution >= 4 is 6.03 Å². The van der Waals surface area contributed by atoms with Crippen LogP contribution in [0.1, 0.15) is 39.0 Å². The molecule has 0 aromatic carbocycles. The molecule has 19 heavy (non-hydrogen) atoms. The molecular formula is C14H24N4O. The lowest BCUT2D eigenvalue weighted by molar-refractivity contribution is 0.170. The fourth-order valence-electron chi connectivity index (χ4n) is 2.70. The van der Waals surface area contributed by atoms with Crippen LogP contribution in [0, 0.1) is 0 Å². The smallest absolute Gasteiger partial charge is 0.317 e. The molecule has 1 aromatic rings.